The molecule has 1 aliphatic heterocycles. The summed E-state index contributed by atoms with van der Waals surface area (Å²) in [5.41, 5.74) is 1.97. The lowest BCUT2D eigenvalue weighted by Crippen LogP contribution is -2.54. The second-order valence-electron chi connectivity index (χ2n) is 13.5. The van der Waals surface area contributed by atoms with Crippen molar-refractivity contribution in [3.63, 3.8) is 0 Å². The number of fused-ring (bicyclic) bond motifs is 3. The fraction of sp³-hybridized carbons (Fsp3) is 0.568. The summed E-state index contributed by atoms with van der Waals surface area (Å²) < 4.78 is 31.4. The summed E-state index contributed by atoms with van der Waals surface area (Å²) >= 11 is 1.54. The minimum absolute atomic E-state index is 0.116. The number of thioether (sulfide) groups is 1. The number of benzene rings is 2. The number of carbonyl (C=O) groups is 2. The molecule has 0 unspecified atom stereocenters. The van der Waals surface area contributed by atoms with E-state index < -0.39 is 23.8 Å². The van der Waals surface area contributed by atoms with Crippen LogP contribution in [0, 0.1) is 16.7 Å². The van der Waals surface area contributed by atoms with E-state index in [2.05, 4.69) is 13.8 Å². The van der Waals surface area contributed by atoms with Crippen LogP contribution in [0.4, 0.5) is 0 Å². The molecule has 45 heavy (non-hydrogen) atoms. The molecule has 0 N–H and O–H groups in total. The van der Waals surface area contributed by atoms with E-state index in [0.717, 1.165) is 36.0 Å². The van der Waals surface area contributed by atoms with Crippen LogP contribution in [0.15, 0.2) is 71.8 Å². The van der Waals surface area contributed by atoms with Crippen LogP contribution in [0.2, 0.25) is 0 Å². The first-order valence-corrected chi connectivity index (χ1v) is 17.4. The molecule has 5 rings (SSSR count). The zero-order chi connectivity index (χ0) is 32.2. The molecule has 2 aromatic carbocycles. The van der Waals surface area contributed by atoms with E-state index in [1.165, 1.54) is 0 Å². The summed E-state index contributed by atoms with van der Waals surface area (Å²) in [5.74, 6) is 0.394. The van der Waals surface area contributed by atoms with Crippen molar-refractivity contribution in [1.82, 2.24) is 0 Å². The molecule has 1 heterocycles. The zero-order valence-corrected chi connectivity index (χ0v) is 28.3. The number of hydrogen-bond acceptors (Lipinski definition) is 8. The quantitative estimate of drug-likeness (QED) is 0.166. The molecule has 2 aromatic rings. The van der Waals surface area contributed by atoms with Crippen molar-refractivity contribution in [1.29, 1.82) is 0 Å². The van der Waals surface area contributed by atoms with Crippen molar-refractivity contribution in [3.8, 4) is 0 Å². The number of allylic oxidation sites excluding steroid dienone is 1. The number of ether oxygens (including phenoxy) is 5. The third-order valence-electron chi connectivity index (χ3n) is 10.7. The van der Waals surface area contributed by atoms with Crippen molar-refractivity contribution < 1.29 is 33.3 Å². The van der Waals surface area contributed by atoms with E-state index >= 15 is 0 Å². The second kappa shape index (κ2) is 14.1. The highest BCUT2D eigenvalue weighted by atomic mass is 32.2. The summed E-state index contributed by atoms with van der Waals surface area (Å²) in [7, 11) is 1.71. The normalized spacial score (nSPS) is 27.9. The van der Waals surface area contributed by atoms with Gasteiger partial charge in [0.1, 0.15) is 12.2 Å². The molecule has 244 valence electrons. The minimum Gasteiger partial charge on any atom is -0.456 e. The fourth-order valence-corrected chi connectivity index (χ4v) is 8.19. The van der Waals surface area contributed by atoms with Crippen molar-refractivity contribution >= 4 is 23.5 Å². The van der Waals surface area contributed by atoms with Gasteiger partial charge in [-0.05, 0) is 68.6 Å². The second-order valence-corrected chi connectivity index (χ2v) is 14.3. The van der Waals surface area contributed by atoms with Crippen molar-refractivity contribution in [2.75, 3.05) is 25.9 Å². The summed E-state index contributed by atoms with van der Waals surface area (Å²) in [6.45, 7) is 9.52. The van der Waals surface area contributed by atoms with Gasteiger partial charge >= 0.3 is 5.97 Å². The Hall–Kier alpha value is -2.49. The Bertz CT molecular complexity index is 1350. The lowest BCUT2D eigenvalue weighted by Gasteiger charge is -2.56. The molecule has 2 aliphatic carbocycles. The number of methoxy groups -OCH3 is 1. The monoisotopic (exact) mass is 636 g/mol. The summed E-state index contributed by atoms with van der Waals surface area (Å²) in [4.78, 5) is 27.5. The van der Waals surface area contributed by atoms with Crippen LogP contribution in [0.25, 0.3) is 0 Å². The Morgan fingerprint density at radius 2 is 1.76 bits per heavy atom. The van der Waals surface area contributed by atoms with Gasteiger partial charge in [0.15, 0.2) is 12.1 Å². The number of rotatable bonds is 13. The molecule has 0 aromatic heterocycles. The minimum atomic E-state index is -0.858. The van der Waals surface area contributed by atoms with E-state index in [0.29, 0.717) is 37.1 Å². The molecule has 0 radical (unpaired) electrons. The maximum Gasteiger partial charge on any atom is 0.338 e. The van der Waals surface area contributed by atoms with E-state index in [1.54, 1.807) is 31.0 Å². The molecular formula is C37H48O7S. The molecule has 3 aliphatic rings. The Labute approximate surface area is 272 Å². The third-order valence-corrected chi connectivity index (χ3v) is 11.0. The SMILES string of the molecule is CO[C@H]1OC[C@@H]2CCC3=C(C[C@@H](OC(=O)c4ccccc4)[C@H](OCSC)C(C)(C)OCc4ccccc4)C(=O)CC[C@]3(C)[C@]21C. The average Bonchev–Trinajstić information content (AvgIpc) is 3.39. The first-order valence-electron chi connectivity index (χ1n) is 16.0. The van der Waals surface area contributed by atoms with E-state index in [1.807, 2.05) is 68.6 Å². The maximum absolute atomic E-state index is 13.9. The van der Waals surface area contributed by atoms with Gasteiger partial charge in [0.2, 0.25) is 0 Å². The highest BCUT2D eigenvalue weighted by Crippen LogP contribution is 2.65. The van der Waals surface area contributed by atoms with Gasteiger partial charge in [-0.2, -0.15) is 0 Å². The Kier molecular flexibility index (Phi) is 10.6. The van der Waals surface area contributed by atoms with Gasteiger partial charge in [-0.3, -0.25) is 4.79 Å². The highest BCUT2D eigenvalue weighted by Gasteiger charge is 2.63. The predicted molar refractivity (Wildman–Crippen MR) is 176 cm³/mol. The number of carbonyl (C=O) groups excluding carboxylic acids is 2. The van der Waals surface area contributed by atoms with Crippen LogP contribution < -0.4 is 0 Å². The maximum atomic E-state index is 13.9. The summed E-state index contributed by atoms with van der Waals surface area (Å²) in [6.07, 6.45) is 3.36. The van der Waals surface area contributed by atoms with Gasteiger partial charge < -0.3 is 23.7 Å². The molecule has 2 fully saturated rings. The number of hydrogen-bond donors (Lipinski definition) is 0. The summed E-state index contributed by atoms with van der Waals surface area (Å²) in [5, 5.41) is 0. The molecule has 6 atom stereocenters. The average molecular weight is 637 g/mol. The molecular weight excluding hydrogens is 588 g/mol. The molecule has 8 heteroatoms. The van der Waals surface area contributed by atoms with E-state index in [-0.39, 0.29) is 29.3 Å². The van der Waals surface area contributed by atoms with E-state index in [9.17, 15) is 9.59 Å². The molecule has 1 saturated heterocycles. The summed E-state index contributed by atoms with van der Waals surface area (Å²) in [6, 6.07) is 19.0. The predicted octanol–water partition coefficient (Wildman–Crippen LogP) is 7.39. The van der Waals surface area contributed by atoms with Crippen LogP contribution in [0.5, 0.6) is 0 Å². The van der Waals surface area contributed by atoms with Gasteiger partial charge in [-0.25, -0.2) is 4.79 Å². The number of Topliss-reactive ketones (excluding diaryl/α,β-unsaturated/α-hetero) is 1. The number of ketones is 1. The van der Waals surface area contributed by atoms with Crippen molar-refractivity contribution in [3.05, 3.63) is 82.9 Å². The first-order chi connectivity index (χ1) is 21.5. The van der Waals surface area contributed by atoms with Gasteiger partial charge in [0.05, 0.1) is 30.3 Å². The number of esters is 1. The highest BCUT2D eigenvalue weighted by molar-refractivity contribution is 7.98. The Balaban J connectivity index is 1.54. The van der Waals surface area contributed by atoms with E-state index in [4.69, 9.17) is 23.7 Å². The topological polar surface area (TPSA) is 80.3 Å². The Morgan fingerprint density at radius 1 is 1.07 bits per heavy atom. The van der Waals surface area contributed by atoms with Gasteiger partial charge in [-0.1, -0.05) is 68.0 Å². The van der Waals surface area contributed by atoms with Crippen LogP contribution in [-0.4, -0.2) is 61.8 Å². The van der Waals surface area contributed by atoms with Crippen LogP contribution >= 0.6 is 11.8 Å². The first kappa shape index (κ1) is 33.9. The van der Waals surface area contributed by atoms with Gasteiger partial charge in [0.25, 0.3) is 0 Å². The molecule has 7 nitrogen and oxygen atoms in total. The molecule has 1 saturated carbocycles. The van der Waals surface area contributed by atoms with Gasteiger partial charge in [-0.15, -0.1) is 11.8 Å². The van der Waals surface area contributed by atoms with Crippen LogP contribution in [0.3, 0.4) is 0 Å². The molecule has 0 spiro atoms. The van der Waals surface area contributed by atoms with Gasteiger partial charge in [0, 0.05) is 30.8 Å². The van der Waals surface area contributed by atoms with Crippen molar-refractivity contribution in [2.45, 2.75) is 90.5 Å². The lowest BCUT2D eigenvalue weighted by molar-refractivity contribution is -0.177. The molecule has 0 amide bonds. The smallest absolute Gasteiger partial charge is 0.338 e. The third kappa shape index (κ3) is 6.68. The van der Waals surface area contributed by atoms with Crippen molar-refractivity contribution in [2.24, 2.45) is 16.7 Å². The Morgan fingerprint density at radius 3 is 2.42 bits per heavy atom. The fourth-order valence-electron chi connectivity index (χ4n) is 7.91. The van der Waals surface area contributed by atoms with Crippen LogP contribution in [0.1, 0.15) is 75.7 Å². The standard InChI is InChI=1S/C37H48O7S/c1-35(2,43-22-25-13-9-7-10-14-25)32(42-24-45-6)31(44-33(39)26-15-11-8-12-16-26)21-28-29-18-17-27-23-41-34(40-5)37(27,4)36(29,3)20-19-30(28)38/h7-16,27,31-32,34H,17-24H2,1-6H3/t27-,31+,32-,34-,36-,37+/m0/s1. The van der Waals surface area contributed by atoms with Crippen LogP contribution in [-0.2, 0) is 35.1 Å². The largest absolute Gasteiger partial charge is 0.456 e. The molecule has 0 bridgehead atoms. The lowest BCUT2D eigenvalue weighted by atomic mass is 9.48. The zero-order valence-electron chi connectivity index (χ0n) is 27.5.